The molecule has 1 fully saturated rings. The van der Waals surface area contributed by atoms with Gasteiger partial charge in [-0.15, -0.1) is 11.3 Å². The molecule has 1 aliphatic rings. The number of benzene rings is 2. The first-order chi connectivity index (χ1) is 14.0. The molecule has 0 spiro atoms. The van der Waals surface area contributed by atoms with Gasteiger partial charge >= 0.3 is 0 Å². The number of hydrogen-bond donors (Lipinski definition) is 0. The van der Waals surface area contributed by atoms with Crippen molar-refractivity contribution in [2.45, 2.75) is 12.3 Å². The van der Waals surface area contributed by atoms with Crippen molar-refractivity contribution in [1.29, 1.82) is 0 Å². The Bertz CT molecular complexity index is 1050. The first-order valence-electron chi connectivity index (χ1n) is 9.15. The fourth-order valence-electron chi connectivity index (χ4n) is 3.63. The van der Waals surface area contributed by atoms with E-state index in [1.807, 2.05) is 18.2 Å². The third kappa shape index (κ3) is 3.62. The second-order valence-corrected chi connectivity index (χ2v) is 7.96. The van der Waals surface area contributed by atoms with E-state index in [-0.39, 0.29) is 17.4 Å². The highest BCUT2D eigenvalue weighted by molar-refractivity contribution is 7.17. The molecule has 0 radical (unpaired) electrons. The SMILES string of the molecule is COc1c(F)c(F)cc(-c2ccc(C(=O)N3CC[C@H](c4ccccc4)C3)s2)c1F. The Balaban J connectivity index is 1.56. The number of likely N-dealkylation sites (tertiary alicyclic amines) is 1. The van der Waals surface area contributed by atoms with Gasteiger partial charge in [0, 0.05) is 29.4 Å². The molecule has 3 aromatic rings. The minimum Gasteiger partial charge on any atom is -0.491 e. The number of methoxy groups -OCH3 is 1. The number of amides is 1. The zero-order valence-electron chi connectivity index (χ0n) is 15.6. The molecule has 2 heterocycles. The second kappa shape index (κ2) is 7.91. The maximum absolute atomic E-state index is 14.5. The lowest BCUT2D eigenvalue weighted by atomic mass is 9.99. The number of rotatable bonds is 4. The van der Waals surface area contributed by atoms with Crippen LogP contribution in [-0.2, 0) is 0 Å². The van der Waals surface area contributed by atoms with Gasteiger partial charge in [0.1, 0.15) is 0 Å². The number of carbonyl (C=O) groups excluding carboxylic acids is 1. The number of halogens is 3. The monoisotopic (exact) mass is 417 g/mol. The molecule has 0 saturated carbocycles. The Labute approximate surface area is 170 Å². The Hall–Kier alpha value is -2.80. The lowest BCUT2D eigenvalue weighted by Gasteiger charge is -2.15. The molecule has 1 atom stereocenters. The van der Waals surface area contributed by atoms with Crippen LogP contribution in [0.1, 0.15) is 27.6 Å². The van der Waals surface area contributed by atoms with Gasteiger partial charge in [-0.05, 0) is 30.2 Å². The van der Waals surface area contributed by atoms with Crippen LogP contribution >= 0.6 is 11.3 Å². The third-order valence-corrected chi connectivity index (χ3v) is 6.26. The summed E-state index contributed by atoms with van der Waals surface area (Å²) in [4.78, 5) is 15.4. The first kappa shape index (κ1) is 19.5. The van der Waals surface area contributed by atoms with Crippen molar-refractivity contribution < 1.29 is 22.7 Å². The van der Waals surface area contributed by atoms with E-state index in [4.69, 9.17) is 0 Å². The van der Waals surface area contributed by atoms with E-state index in [0.29, 0.717) is 22.8 Å². The molecule has 4 rings (SSSR count). The molecular formula is C22H18F3NO2S. The summed E-state index contributed by atoms with van der Waals surface area (Å²) >= 11 is 1.05. The largest absolute Gasteiger partial charge is 0.491 e. The molecule has 0 N–H and O–H groups in total. The summed E-state index contributed by atoms with van der Waals surface area (Å²) in [5, 5.41) is 0. The van der Waals surface area contributed by atoms with Crippen LogP contribution in [0.25, 0.3) is 10.4 Å². The smallest absolute Gasteiger partial charge is 0.263 e. The topological polar surface area (TPSA) is 29.5 Å². The van der Waals surface area contributed by atoms with Gasteiger partial charge in [-0.25, -0.2) is 8.78 Å². The molecule has 3 nitrogen and oxygen atoms in total. The molecule has 0 unspecified atom stereocenters. The zero-order chi connectivity index (χ0) is 20.5. The molecule has 7 heteroatoms. The molecule has 150 valence electrons. The second-order valence-electron chi connectivity index (χ2n) is 6.88. The number of ether oxygens (including phenoxy) is 1. The standard InChI is InChI=1S/C22H18F3NO2S/c1-28-21-19(24)15(11-16(23)20(21)25)17-7-8-18(29-17)22(27)26-10-9-14(12-26)13-5-3-2-4-6-13/h2-8,11,14H,9-10,12H2,1H3/t14-/m0/s1. The molecule has 0 bridgehead atoms. The lowest BCUT2D eigenvalue weighted by Crippen LogP contribution is -2.27. The number of nitrogens with zero attached hydrogens (tertiary/aromatic N) is 1. The molecule has 1 amide bonds. The quantitative estimate of drug-likeness (QED) is 0.527. The van der Waals surface area contributed by atoms with Crippen LogP contribution in [0.5, 0.6) is 5.75 Å². The van der Waals surface area contributed by atoms with E-state index < -0.39 is 23.2 Å². The van der Waals surface area contributed by atoms with Crippen molar-refractivity contribution in [1.82, 2.24) is 4.90 Å². The minimum absolute atomic E-state index is 0.131. The van der Waals surface area contributed by atoms with E-state index in [0.717, 1.165) is 30.9 Å². The van der Waals surface area contributed by atoms with Gasteiger partial charge < -0.3 is 9.64 Å². The molecule has 0 aliphatic carbocycles. The van der Waals surface area contributed by atoms with Gasteiger partial charge in [0.25, 0.3) is 5.91 Å². The number of thiophene rings is 1. The van der Waals surface area contributed by atoms with Crippen molar-refractivity contribution in [2.75, 3.05) is 20.2 Å². The molecule has 1 aliphatic heterocycles. The van der Waals surface area contributed by atoms with Gasteiger partial charge in [0.2, 0.25) is 5.82 Å². The lowest BCUT2D eigenvalue weighted by molar-refractivity contribution is 0.0795. The van der Waals surface area contributed by atoms with Crippen LogP contribution in [0.4, 0.5) is 13.2 Å². The van der Waals surface area contributed by atoms with Gasteiger partial charge in [-0.3, -0.25) is 4.79 Å². The van der Waals surface area contributed by atoms with Crippen molar-refractivity contribution in [3.63, 3.8) is 0 Å². The average Bonchev–Trinajstić information content (AvgIpc) is 3.41. The van der Waals surface area contributed by atoms with Crippen LogP contribution in [0, 0.1) is 17.5 Å². The van der Waals surface area contributed by atoms with Crippen molar-refractivity contribution >= 4 is 17.2 Å². The van der Waals surface area contributed by atoms with Crippen molar-refractivity contribution in [3.8, 4) is 16.2 Å². The normalized spacial score (nSPS) is 16.3. The van der Waals surface area contributed by atoms with Gasteiger partial charge in [-0.2, -0.15) is 4.39 Å². The van der Waals surface area contributed by atoms with E-state index in [9.17, 15) is 18.0 Å². The van der Waals surface area contributed by atoms with Crippen LogP contribution < -0.4 is 4.74 Å². The zero-order valence-corrected chi connectivity index (χ0v) is 16.4. The van der Waals surface area contributed by atoms with Crippen LogP contribution in [-0.4, -0.2) is 31.0 Å². The average molecular weight is 417 g/mol. The highest BCUT2D eigenvalue weighted by Crippen LogP contribution is 2.37. The molecule has 1 aromatic heterocycles. The van der Waals surface area contributed by atoms with Gasteiger partial charge in [-0.1, -0.05) is 30.3 Å². The van der Waals surface area contributed by atoms with Gasteiger partial charge in [0.05, 0.1) is 12.0 Å². The summed E-state index contributed by atoms with van der Waals surface area (Å²) in [7, 11) is 1.07. The minimum atomic E-state index is -1.37. The van der Waals surface area contributed by atoms with Crippen LogP contribution in [0.3, 0.4) is 0 Å². The highest BCUT2D eigenvalue weighted by Gasteiger charge is 2.29. The first-order valence-corrected chi connectivity index (χ1v) is 9.97. The molecule has 2 aromatic carbocycles. The summed E-state index contributed by atoms with van der Waals surface area (Å²) in [5.74, 6) is -4.19. The van der Waals surface area contributed by atoms with Crippen molar-refractivity contribution in [2.24, 2.45) is 0 Å². The Morgan fingerprint density at radius 1 is 1.10 bits per heavy atom. The van der Waals surface area contributed by atoms with E-state index >= 15 is 0 Å². The van der Waals surface area contributed by atoms with Crippen LogP contribution in [0.15, 0.2) is 48.5 Å². The summed E-state index contributed by atoms with van der Waals surface area (Å²) in [5.41, 5.74) is 1.07. The number of carbonyl (C=O) groups is 1. The molecule has 1 saturated heterocycles. The maximum atomic E-state index is 14.5. The predicted octanol–water partition coefficient (Wildman–Crippen LogP) is 5.47. The highest BCUT2D eigenvalue weighted by atomic mass is 32.1. The van der Waals surface area contributed by atoms with E-state index in [1.54, 1.807) is 11.0 Å². The predicted molar refractivity (Wildman–Crippen MR) is 106 cm³/mol. The Morgan fingerprint density at radius 3 is 2.59 bits per heavy atom. The van der Waals surface area contributed by atoms with Crippen molar-refractivity contribution in [3.05, 3.63) is 76.4 Å². The molecular weight excluding hydrogens is 399 g/mol. The summed E-state index contributed by atoms with van der Waals surface area (Å²) < 4.78 is 46.7. The summed E-state index contributed by atoms with van der Waals surface area (Å²) in [6, 6.07) is 14.0. The third-order valence-electron chi connectivity index (χ3n) is 5.15. The van der Waals surface area contributed by atoms with Crippen LogP contribution in [0.2, 0.25) is 0 Å². The van der Waals surface area contributed by atoms with Gasteiger partial charge in [0.15, 0.2) is 17.4 Å². The maximum Gasteiger partial charge on any atom is 0.263 e. The fraction of sp³-hybridized carbons (Fsp3) is 0.227. The Morgan fingerprint density at radius 2 is 1.86 bits per heavy atom. The summed E-state index contributed by atoms with van der Waals surface area (Å²) in [6.45, 7) is 1.25. The fourth-order valence-corrected chi connectivity index (χ4v) is 4.62. The van der Waals surface area contributed by atoms with E-state index in [1.165, 1.54) is 11.6 Å². The Kier molecular flexibility index (Phi) is 5.32. The summed E-state index contributed by atoms with van der Waals surface area (Å²) in [6.07, 6.45) is 0.878. The number of hydrogen-bond acceptors (Lipinski definition) is 3. The molecule has 29 heavy (non-hydrogen) atoms. The van der Waals surface area contributed by atoms with E-state index in [2.05, 4.69) is 16.9 Å².